The number of aryl methyl sites for hydroxylation is 1. The van der Waals surface area contributed by atoms with Crippen molar-refractivity contribution in [1.29, 1.82) is 0 Å². The zero-order valence-electron chi connectivity index (χ0n) is 10.8. The molecule has 0 saturated heterocycles. The molecule has 0 unspecified atom stereocenters. The number of carbonyl (C=O) groups is 2. The normalized spacial score (nSPS) is 10.2. The third kappa shape index (κ3) is 3.11. The van der Waals surface area contributed by atoms with E-state index in [0.29, 0.717) is 0 Å². The fraction of sp³-hybridized carbons (Fsp3) is 0.0769. The van der Waals surface area contributed by atoms with Gasteiger partial charge in [-0.3, -0.25) is 9.59 Å². The van der Waals surface area contributed by atoms with Crippen LogP contribution in [0.2, 0.25) is 0 Å². The second kappa shape index (κ2) is 5.53. The second-order valence-electron chi connectivity index (χ2n) is 4.13. The number of carboxylic acids is 1. The Morgan fingerprint density at radius 3 is 2.57 bits per heavy atom. The van der Waals surface area contributed by atoms with Crippen molar-refractivity contribution in [2.24, 2.45) is 7.05 Å². The van der Waals surface area contributed by atoms with Gasteiger partial charge in [0.2, 0.25) is 0 Å². The number of hydrogen-bond donors (Lipinski definition) is 2. The van der Waals surface area contributed by atoms with Crippen LogP contribution in [-0.2, 0) is 7.05 Å². The van der Waals surface area contributed by atoms with Crippen LogP contribution in [0.4, 0.5) is 10.1 Å². The van der Waals surface area contributed by atoms with Gasteiger partial charge in [-0.25, -0.2) is 13.9 Å². The third-order valence-electron chi connectivity index (χ3n) is 2.66. The molecule has 0 saturated carbocycles. The van der Waals surface area contributed by atoms with Gasteiger partial charge < -0.3 is 10.4 Å². The van der Waals surface area contributed by atoms with Crippen molar-refractivity contribution in [1.82, 2.24) is 9.78 Å². The number of rotatable bonds is 3. The van der Waals surface area contributed by atoms with Gasteiger partial charge >= 0.3 is 5.97 Å². The van der Waals surface area contributed by atoms with Gasteiger partial charge in [-0.05, 0) is 24.3 Å². The van der Waals surface area contributed by atoms with Crippen LogP contribution in [0, 0.1) is 5.82 Å². The number of nitrogens with zero attached hydrogens (tertiary/aromatic N) is 2. The SMILES string of the molecule is Cn1nc(C(=O)Nc2ccc(C(=O)O)cc2F)ccc1=O. The Morgan fingerprint density at radius 1 is 1.29 bits per heavy atom. The molecule has 7 nitrogen and oxygen atoms in total. The number of carboxylic acid groups (broad SMARTS) is 1. The van der Waals surface area contributed by atoms with Crippen LogP contribution in [0.15, 0.2) is 35.1 Å². The van der Waals surface area contributed by atoms with E-state index in [4.69, 9.17) is 5.11 Å². The molecule has 108 valence electrons. The van der Waals surface area contributed by atoms with E-state index in [2.05, 4.69) is 10.4 Å². The van der Waals surface area contributed by atoms with Crippen LogP contribution in [0.25, 0.3) is 0 Å². The van der Waals surface area contributed by atoms with E-state index < -0.39 is 17.7 Å². The van der Waals surface area contributed by atoms with Crippen molar-refractivity contribution in [3.8, 4) is 0 Å². The smallest absolute Gasteiger partial charge is 0.335 e. The lowest BCUT2D eigenvalue weighted by Crippen LogP contribution is -2.23. The van der Waals surface area contributed by atoms with Crippen LogP contribution in [0.3, 0.4) is 0 Å². The molecule has 1 amide bonds. The number of halogens is 1. The molecule has 2 aromatic rings. The van der Waals surface area contributed by atoms with E-state index >= 15 is 0 Å². The van der Waals surface area contributed by atoms with Crippen molar-refractivity contribution in [3.63, 3.8) is 0 Å². The van der Waals surface area contributed by atoms with Gasteiger partial charge in [0.1, 0.15) is 11.5 Å². The Kier molecular flexibility index (Phi) is 3.79. The molecule has 1 aromatic carbocycles. The van der Waals surface area contributed by atoms with Crippen LogP contribution in [0.5, 0.6) is 0 Å². The predicted molar refractivity (Wildman–Crippen MR) is 70.8 cm³/mol. The quantitative estimate of drug-likeness (QED) is 0.873. The molecule has 0 spiro atoms. The highest BCUT2D eigenvalue weighted by atomic mass is 19.1. The monoisotopic (exact) mass is 291 g/mol. The molecule has 1 heterocycles. The summed E-state index contributed by atoms with van der Waals surface area (Å²) in [6, 6.07) is 5.47. The maximum Gasteiger partial charge on any atom is 0.335 e. The Labute approximate surface area is 117 Å². The summed E-state index contributed by atoms with van der Waals surface area (Å²) in [5.74, 6) is -2.87. The molecule has 2 rings (SSSR count). The van der Waals surface area contributed by atoms with Crippen molar-refractivity contribution >= 4 is 17.6 Å². The average molecular weight is 291 g/mol. The number of carbonyl (C=O) groups excluding carboxylic acids is 1. The van der Waals surface area contributed by atoms with Crippen LogP contribution >= 0.6 is 0 Å². The highest BCUT2D eigenvalue weighted by Crippen LogP contribution is 2.16. The first-order valence-corrected chi connectivity index (χ1v) is 5.77. The number of aromatic nitrogens is 2. The van der Waals surface area contributed by atoms with Crippen LogP contribution in [-0.4, -0.2) is 26.8 Å². The third-order valence-corrected chi connectivity index (χ3v) is 2.66. The minimum absolute atomic E-state index is 0.0705. The fourth-order valence-corrected chi connectivity index (χ4v) is 1.56. The summed E-state index contributed by atoms with van der Waals surface area (Å²) in [4.78, 5) is 33.7. The molecule has 2 N–H and O–H groups in total. The summed E-state index contributed by atoms with van der Waals surface area (Å²) in [5.41, 5.74) is -0.867. The summed E-state index contributed by atoms with van der Waals surface area (Å²) < 4.78 is 14.6. The fourth-order valence-electron chi connectivity index (χ4n) is 1.56. The number of benzene rings is 1. The maximum atomic E-state index is 13.7. The predicted octanol–water partition coefficient (Wildman–Crippen LogP) is 0.870. The van der Waals surface area contributed by atoms with E-state index in [1.807, 2.05) is 0 Å². The van der Waals surface area contributed by atoms with Gasteiger partial charge in [-0.15, -0.1) is 0 Å². The lowest BCUT2D eigenvalue weighted by atomic mass is 10.2. The number of nitrogens with one attached hydrogen (secondary N) is 1. The van der Waals surface area contributed by atoms with E-state index in [1.165, 1.54) is 13.1 Å². The molecule has 0 atom stereocenters. The van der Waals surface area contributed by atoms with Gasteiger partial charge in [-0.1, -0.05) is 0 Å². The van der Waals surface area contributed by atoms with Gasteiger partial charge in [0.05, 0.1) is 11.3 Å². The first-order valence-electron chi connectivity index (χ1n) is 5.77. The second-order valence-corrected chi connectivity index (χ2v) is 4.13. The van der Waals surface area contributed by atoms with Gasteiger partial charge in [0.25, 0.3) is 11.5 Å². The van der Waals surface area contributed by atoms with Gasteiger partial charge in [0, 0.05) is 13.1 Å². The first kappa shape index (κ1) is 14.4. The van der Waals surface area contributed by atoms with Crippen molar-refractivity contribution in [3.05, 3.63) is 57.8 Å². The van der Waals surface area contributed by atoms with Crippen molar-refractivity contribution in [2.75, 3.05) is 5.32 Å². The summed E-state index contributed by atoms with van der Waals surface area (Å²) in [7, 11) is 1.38. The number of aromatic carboxylic acids is 1. The van der Waals surface area contributed by atoms with Gasteiger partial charge in [-0.2, -0.15) is 5.10 Å². The Morgan fingerprint density at radius 2 is 2.00 bits per heavy atom. The zero-order chi connectivity index (χ0) is 15.6. The van der Waals surface area contributed by atoms with Crippen molar-refractivity contribution < 1.29 is 19.1 Å². The molecule has 0 aliphatic rings. The zero-order valence-corrected chi connectivity index (χ0v) is 10.8. The number of anilines is 1. The van der Waals surface area contributed by atoms with E-state index in [-0.39, 0.29) is 22.5 Å². The highest BCUT2D eigenvalue weighted by molar-refractivity contribution is 6.03. The Balaban J connectivity index is 2.25. The van der Waals surface area contributed by atoms with Gasteiger partial charge in [0.15, 0.2) is 0 Å². The Bertz CT molecular complexity index is 785. The lowest BCUT2D eigenvalue weighted by Gasteiger charge is -2.07. The lowest BCUT2D eigenvalue weighted by molar-refractivity contribution is 0.0696. The molecule has 0 aliphatic carbocycles. The largest absolute Gasteiger partial charge is 0.478 e. The highest BCUT2D eigenvalue weighted by Gasteiger charge is 2.13. The number of hydrogen-bond acceptors (Lipinski definition) is 4. The molecule has 0 aliphatic heterocycles. The summed E-state index contributed by atoms with van der Waals surface area (Å²) in [6.45, 7) is 0. The molecular weight excluding hydrogens is 281 g/mol. The van der Waals surface area contributed by atoms with E-state index in [0.717, 1.165) is 28.9 Å². The molecule has 1 aromatic heterocycles. The van der Waals surface area contributed by atoms with Crippen molar-refractivity contribution in [2.45, 2.75) is 0 Å². The molecule has 0 bridgehead atoms. The standard InChI is InChI=1S/C13H10FN3O4/c1-17-11(18)5-4-10(16-17)12(19)15-9-3-2-7(13(20)21)6-8(9)14/h2-6H,1H3,(H,15,19)(H,20,21). The summed E-state index contributed by atoms with van der Waals surface area (Å²) >= 11 is 0. The molecule has 8 heteroatoms. The molecule has 0 radical (unpaired) electrons. The Hall–Kier alpha value is -3.03. The van der Waals surface area contributed by atoms with E-state index in [1.54, 1.807) is 0 Å². The van der Waals surface area contributed by atoms with Crippen LogP contribution in [0.1, 0.15) is 20.8 Å². The minimum Gasteiger partial charge on any atom is -0.478 e. The first-order chi connectivity index (χ1) is 9.88. The van der Waals surface area contributed by atoms with E-state index in [9.17, 15) is 18.8 Å². The molecule has 21 heavy (non-hydrogen) atoms. The average Bonchev–Trinajstić information content (AvgIpc) is 2.43. The topological polar surface area (TPSA) is 101 Å². The summed E-state index contributed by atoms with van der Waals surface area (Å²) in [6.07, 6.45) is 0. The minimum atomic E-state index is -1.27. The number of amides is 1. The molecular formula is C13H10FN3O4. The molecule has 0 fully saturated rings. The van der Waals surface area contributed by atoms with Crippen LogP contribution < -0.4 is 10.9 Å². The maximum absolute atomic E-state index is 13.7. The summed E-state index contributed by atoms with van der Waals surface area (Å²) in [5, 5.41) is 14.7.